The van der Waals surface area contributed by atoms with Crippen molar-refractivity contribution in [2.24, 2.45) is 7.05 Å². The van der Waals surface area contributed by atoms with E-state index in [0.717, 1.165) is 14.7 Å². The van der Waals surface area contributed by atoms with Crippen LogP contribution in [0.15, 0.2) is 34.9 Å². The Morgan fingerprint density at radius 3 is 2.95 bits per heavy atom. The van der Waals surface area contributed by atoms with Gasteiger partial charge in [-0.15, -0.1) is 0 Å². The molecule has 2 aromatic heterocycles. The molecule has 0 aliphatic carbocycles. The SMILES string of the molecule is Cn1cc(Br)cc1C(=O)Nc1nc2ccc(Cl)cc2s1. The quantitative estimate of drug-likeness (QED) is 0.731. The summed E-state index contributed by atoms with van der Waals surface area (Å²) in [5.41, 5.74) is 1.39. The van der Waals surface area contributed by atoms with Crippen molar-refractivity contribution in [1.29, 1.82) is 0 Å². The second-order valence-electron chi connectivity index (χ2n) is 4.24. The van der Waals surface area contributed by atoms with Crippen molar-refractivity contribution in [3.8, 4) is 0 Å². The van der Waals surface area contributed by atoms with Gasteiger partial charge in [-0.2, -0.15) is 0 Å². The van der Waals surface area contributed by atoms with Crippen LogP contribution in [0.5, 0.6) is 0 Å². The van der Waals surface area contributed by atoms with Crippen molar-refractivity contribution in [2.45, 2.75) is 0 Å². The highest BCUT2D eigenvalue weighted by Gasteiger charge is 2.13. The molecule has 0 spiro atoms. The van der Waals surface area contributed by atoms with Crippen LogP contribution in [0.1, 0.15) is 10.5 Å². The number of nitrogens with one attached hydrogen (secondary N) is 1. The van der Waals surface area contributed by atoms with Gasteiger partial charge >= 0.3 is 0 Å². The number of thiazole rings is 1. The highest BCUT2D eigenvalue weighted by atomic mass is 79.9. The maximum atomic E-state index is 12.2. The van der Waals surface area contributed by atoms with E-state index >= 15 is 0 Å². The minimum atomic E-state index is -0.191. The molecule has 4 nitrogen and oxygen atoms in total. The van der Waals surface area contributed by atoms with Crippen LogP contribution < -0.4 is 5.32 Å². The van der Waals surface area contributed by atoms with Crippen LogP contribution in [0.2, 0.25) is 5.02 Å². The van der Waals surface area contributed by atoms with Gasteiger partial charge < -0.3 is 4.57 Å². The smallest absolute Gasteiger partial charge is 0.274 e. The Morgan fingerprint density at radius 2 is 2.25 bits per heavy atom. The zero-order valence-corrected chi connectivity index (χ0v) is 13.5. The summed E-state index contributed by atoms with van der Waals surface area (Å²) in [4.78, 5) is 16.5. The normalized spacial score (nSPS) is 10.9. The van der Waals surface area contributed by atoms with Crippen molar-refractivity contribution in [1.82, 2.24) is 9.55 Å². The van der Waals surface area contributed by atoms with E-state index in [4.69, 9.17) is 11.6 Å². The lowest BCUT2D eigenvalue weighted by molar-refractivity contribution is 0.101. The molecule has 1 amide bonds. The van der Waals surface area contributed by atoms with E-state index in [1.54, 1.807) is 16.7 Å². The molecule has 0 bridgehead atoms. The lowest BCUT2D eigenvalue weighted by Gasteiger charge is -2.02. The van der Waals surface area contributed by atoms with Crippen LogP contribution in [0.3, 0.4) is 0 Å². The summed E-state index contributed by atoms with van der Waals surface area (Å²) < 4.78 is 3.56. The first kappa shape index (κ1) is 13.6. The van der Waals surface area contributed by atoms with Crippen LogP contribution in [0.25, 0.3) is 10.2 Å². The number of anilines is 1. The number of carbonyl (C=O) groups is 1. The predicted octanol–water partition coefficient (Wildman–Crippen LogP) is 4.30. The van der Waals surface area contributed by atoms with Crippen LogP contribution in [-0.4, -0.2) is 15.5 Å². The molecule has 102 valence electrons. The zero-order valence-electron chi connectivity index (χ0n) is 10.4. The molecule has 0 atom stereocenters. The lowest BCUT2D eigenvalue weighted by atomic mass is 10.3. The fraction of sp³-hybridized carbons (Fsp3) is 0.0769. The minimum Gasteiger partial charge on any atom is -0.345 e. The van der Waals surface area contributed by atoms with Crippen molar-refractivity contribution >= 4 is 60.1 Å². The van der Waals surface area contributed by atoms with Gasteiger partial charge in [0.1, 0.15) is 5.69 Å². The highest BCUT2D eigenvalue weighted by Crippen LogP contribution is 2.28. The number of benzene rings is 1. The van der Waals surface area contributed by atoms with Gasteiger partial charge in [0.2, 0.25) is 0 Å². The molecule has 0 unspecified atom stereocenters. The molecule has 3 rings (SSSR count). The van der Waals surface area contributed by atoms with Gasteiger partial charge in [0.15, 0.2) is 5.13 Å². The zero-order chi connectivity index (χ0) is 14.3. The number of aryl methyl sites for hydroxylation is 1. The fourth-order valence-corrected chi connectivity index (χ4v) is 3.52. The van der Waals surface area contributed by atoms with E-state index in [1.807, 2.05) is 25.4 Å². The Morgan fingerprint density at radius 1 is 1.45 bits per heavy atom. The Bertz CT molecular complexity index is 811. The van der Waals surface area contributed by atoms with E-state index in [-0.39, 0.29) is 5.91 Å². The van der Waals surface area contributed by atoms with E-state index < -0.39 is 0 Å². The molecule has 20 heavy (non-hydrogen) atoms. The molecule has 0 aliphatic heterocycles. The Kier molecular flexibility index (Phi) is 3.54. The molecule has 0 radical (unpaired) electrons. The second kappa shape index (κ2) is 5.20. The molecule has 0 saturated heterocycles. The van der Waals surface area contributed by atoms with E-state index in [1.165, 1.54) is 11.3 Å². The summed E-state index contributed by atoms with van der Waals surface area (Å²) in [6.45, 7) is 0. The third-order valence-electron chi connectivity index (χ3n) is 2.78. The molecule has 7 heteroatoms. The maximum absolute atomic E-state index is 12.2. The number of fused-ring (bicyclic) bond motifs is 1. The topological polar surface area (TPSA) is 46.9 Å². The summed E-state index contributed by atoms with van der Waals surface area (Å²) in [5, 5.41) is 4.02. The molecular weight excluding hydrogens is 362 g/mol. The maximum Gasteiger partial charge on any atom is 0.274 e. The fourth-order valence-electron chi connectivity index (χ4n) is 1.86. The number of hydrogen-bond acceptors (Lipinski definition) is 3. The molecule has 1 N–H and O–H groups in total. The first-order valence-electron chi connectivity index (χ1n) is 5.72. The number of carbonyl (C=O) groups excluding carboxylic acids is 1. The third-order valence-corrected chi connectivity index (χ3v) is 4.38. The first-order valence-corrected chi connectivity index (χ1v) is 7.71. The molecule has 0 aliphatic rings. The number of rotatable bonds is 2. The van der Waals surface area contributed by atoms with Gasteiger partial charge in [-0.05, 0) is 40.2 Å². The molecule has 3 aromatic rings. The Labute approximate surface area is 132 Å². The molecule has 0 saturated carbocycles. The average molecular weight is 371 g/mol. The summed E-state index contributed by atoms with van der Waals surface area (Å²) in [7, 11) is 1.82. The first-order chi connectivity index (χ1) is 9.52. The van der Waals surface area contributed by atoms with E-state index in [0.29, 0.717) is 15.8 Å². The van der Waals surface area contributed by atoms with Gasteiger partial charge in [0.05, 0.1) is 10.2 Å². The second-order valence-corrected chi connectivity index (χ2v) is 6.62. The van der Waals surface area contributed by atoms with Crippen LogP contribution in [-0.2, 0) is 7.05 Å². The number of halogens is 2. The van der Waals surface area contributed by atoms with Crippen molar-refractivity contribution in [3.63, 3.8) is 0 Å². The van der Waals surface area contributed by atoms with Crippen LogP contribution >= 0.6 is 38.9 Å². The largest absolute Gasteiger partial charge is 0.345 e. The van der Waals surface area contributed by atoms with E-state index in [9.17, 15) is 4.79 Å². The van der Waals surface area contributed by atoms with Gasteiger partial charge in [-0.25, -0.2) is 4.98 Å². The highest BCUT2D eigenvalue weighted by molar-refractivity contribution is 9.10. The van der Waals surface area contributed by atoms with Crippen molar-refractivity contribution in [2.75, 3.05) is 5.32 Å². The van der Waals surface area contributed by atoms with Crippen molar-refractivity contribution in [3.05, 3.63) is 45.7 Å². The van der Waals surface area contributed by atoms with E-state index in [2.05, 4.69) is 26.2 Å². The van der Waals surface area contributed by atoms with Crippen molar-refractivity contribution < 1.29 is 4.79 Å². The van der Waals surface area contributed by atoms with Crippen LogP contribution in [0, 0.1) is 0 Å². The summed E-state index contributed by atoms with van der Waals surface area (Å²) >= 11 is 10.7. The molecule has 2 heterocycles. The summed E-state index contributed by atoms with van der Waals surface area (Å²) in [6, 6.07) is 7.22. The predicted molar refractivity (Wildman–Crippen MR) is 85.7 cm³/mol. The van der Waals surface area contributed by atoms with Gasteiger partial charge in [0.25, 0.3) is 5.91 Å². The number of nitrogens with zero attached hydrogens (tertiary/aromatic N) is 2. The number of aromatic nitrogens is 2. The molecule has 1 aromatic carbocycles. The Balaban J connectivity index is 1.89. The third kappa shape index (κ3) is 2.59. The lowest BCUT2D eigenvalue weighted by Crippen LogP contribution is -2.15. The standard InChI is InChI=1S/C13H9BrClN3OS/c1-18-6-7(14)4-10(18)12(19)17-13-16-9-3-2-8(15)5-11(9)20-13/h2-6H,1H3,(H,16,17,19). The Hall–Kier alpha value is -1.37. The molecular formula is C13H9BrClN3OS. The minimum absolute atomic E-state index is 0.191. The molecule has 0 fully saturated rings. The van der Waals surface area contributed by atoms with Gasteiger partial charge in [-0.1, -0.05) is 22.9 Å². The number of hydrogen-bond donors (Lipinski definition) is 1. The monoisotopic (exact) mass is 369 g/mol. The summed E-state index contributed by atoms with van der Waals surface area (Å²) in [6.07, 6.45) is 1.83. The average Bonchev–Trinajstić information content (AvgIpc) is 2.91. The number of amides is 1. The van der Waals surface area contributed by atoms with Gasteiger partial charge in [0, 0.05) is 22.7 Å². The van der Waals surface area contributed by atoms with Crippen LogP contribution in [0.4, 0.5) is 5.13 Å². The summed E-state index contributed by atoms with van der Waals surface area (Å²) in [5.74, 6) is -0.191. The van der Waals surface area contributed by atoms with Gasteiger partial charge in [-0.3, -0.25) is 10.1 Å².